The first kappa shape index (κ1) is 12.7. The summed E-state index contributed by atoms with van der Waals surface area (Å²) in [6, 6.07) is 0. The average Bonchev–Trinajstić information content (AvgIpc) is 1.97. The van der Waals surface area contributed by atoms with Crippen molar-refractivity contribution in [1.29, 1.82) is 0 Å². The number of allylic oxidation sites excluding steroid dienone is 1. The van der Waals surface area contributed by atoms with Gasteiger partial charge in [-0.05, 0) is 25.7 Å². The van der Waals surface area contributed by atoms with Crippen LogP contribution in [0.2, 0.25) is 0 Å². The zero-order chi connectivity index (χ0) is 10.6. The van der Waals surface area contributed by atoms with Gasteiger partial charge in [-0.15, -0.1) is 0 Å². The molecule has 0 aromatic rings. The molecule has 0 aliphatic heterocycles. The van der Waals surface area contributed by atoms with Gasteiger partial charge in [0.2, 0.25) is 0 Å². The van der Waals surface area contributed by atoms with E-state index in [1.807, 2.05) is 20.8 Å². The number of rotatable bonds is 4. The van der Waals surface area contributed by atoms with Crippen molar-refractivity contribution in [3.8, 4) is 0 Å². The molecule has 0 bridgehead atoms. The predicted octanol–water partition coefficient (Wildman–Crippen LogP) is 3.24. The molecule has 2 atom stereocenters. The molecule has 0 saturated carbocycles. The van der Waals surface area contributed by atoms with E-state index < -0.39 is 5.60 Å². The van der Waals surface area contributed by atoms with E-state index in [9.17, 15) is 5.11 Å². The second-order valence-corrected chi connectivity index (χ2v) is 4.93. The maximum absolute atomic E-state index is 9.69. The molecule has 1 unspecified atom stereocenters. The third-order valence-electron chi connectivity index (χ3n) is 2.87. The summed E-state index contributed by atoms with van der Waals surface area (Å²) in [5, 5.41) is 9.69. The molecular formula is C12H24O. The Bertz CT molecular complexity index is 162. The predicted molar refractivity (Wildman–Crippen MR) is 58.6 cm³/mol. The maximum Gasteiger partial charge on any atom is 0.0651 e. The van der Waals surface area contributed by atoms with Crippen LogP contribution in [0.15, 0.2) is 12.2 Å². The first-order valence-corrected chi connectivity index (χ1v) is 5.16. The number of hydrogen-bond acceptors (Lipinski definition) is 1. The summed E-state index contributed by atoms with van der Waals surface area (Å²) in [5.74, 6) is 1.48. The molecule has 1 nitrogen and oxygen atoms in total. The Morgan fingerprint density at radius 1 is 1.00 bits per heavy atom. The van der Waals surface area contributed by atoms with Crippen molar-refractivity contribution in [1.82, 2.24) is 0 Å². The van der Waals surface area contributed by atoms with Gasteiger partial charge in [0, 0.05) is 5.92 Å². The largest absolute Gasteiger partial charge is 0.390 e. The fourth-order valence-electron chi connectivity index (χ4n) is 0.800. The molecule has 0 amide bonds. The summed E-state index contributed by atoms with van der Waals surface area (Å²) in [6.45, 7) is 12.4. The lowest BCUT2D eigenvalue weighted by Crippen LogP contribution is -2.27. The second kappa shape index (κ2) is 4.80. The van der Waals surface area contributed by atoms with Crippen molar-refractivity contribution in [3.05, 3.63) is 12.2 Å². The van der Waals surface area contributed by atoms with Crippen LogP contribution in [0.3, 0.4) is 0 Å². The summed E-state index contributed by atoms with van der Waals surface area (Å²) >= 11 is 0. The van der Waals surface area contributed by atoms with Crippen molar-refractivity contribution >= 4 is 0 Å². The zero-order valence-electron chi connectivity index (χ0n) is 9.83. The Balaban J connectivity index is 4.12. The van der Waals surface area contributed by atoms with Gasteiger partial charge in [0.05, 0.1) is 5.60 Å². The van der Waals surface area contributed by atoms with Gasteiger partial charge in [0.1, 0.15) is 0 Å². The van der Waals surface area contributed by atoms with Gasteiger partial charge < -0.3 is 5.11 Å². The van der Waals surface area contributed by atoms with E-state index in [0.717, 1.165) is 0 Å². The smallest absolute Gasteiger partial charge is 0.0651 e. The van der Waals surface area contributed by atoms with Gasteiger partial charge in [-0.3, -0.25) is 0 Å². The van der Waals surface area contributed by atoms with E-state index >= 15 is 0 Å². The van der Waals surface area contributed by atoms with E-state index in [0.29, 0.717) is 11.8 Å². The summed E-state index contributed by atoms with van der Waals surface area (Å²) in [6.07, 6.45) is 4.32. The molecule has 78 valence electrons. The lowest BCUT2D eigenvalue weighted by atomic mass is 9.90. The molecule has 13 heavy (non-hydrogen) atoms. The van der Waals surface area contributed by atoms with Crippen molar-refractivity contribution in [3.63, 3.8) is 0 Å². The molecular weight excluding hydrogens is 160 g/mol. The van der Waals surface area contributed by atoms with E-state index in [2.05, 4.69) is 32.9 Å². The standard InChI is InChI=1S/C12H24O/c1-9(2)10(3)7-8-11(4)12(5,6)13/h7-11,13H,1-6H3/b8-7+/t10?,11-/m1/s1. The molecule has 0 fully saturated rings. The lowest BCUT2D eigenvalue weighted by molar-refractivity contribution is 0.0439. The summed E-state index contributed by atoms with van der Waals surface area (Å²) in [5.41, 5.74) is -0.604. The molecule has 1 heteroatoms. The third kappa shape index (κ3) is 5.09. The summed E-state index contributed by atoms with van der Waals surface area (Å²) in [7, 11) is 0. The van der Waals surface area contributed by atoms with Gasteiger partial charge in [-0.25, -0.2) is 0 Å². The van der Waals surface area contributed by atoms with Gasteiger partial charge in [0.25, 0.3) is 0 Å². The van der Waals surface area contributed by atoms with Crippen LogP contribution < -0.4 is 0 Å². The van der Waals surface area contributed by atoms with Crippen molar-refractivity contribution in [2.24, 2.45) is 17.8 Å². The highest BCUT2D eigenvalue weighted by Gasteiger charge is 2.19. The Labute approximate surface area is 82.9 Å². The highest BCUT2D eigenvalue weighted by Crippen LogP contribution is 2.19. The lowest BCUT2D eigenvalue weighted by Gasteiger charge is -2.23. The number of hydrogen-bond donors (Lipinski definition) is 1. The van der Waals surface area contributed by atoms with Gasteiger partial charge in [-0.1, -0.05) is 39.8 Å². The van der Waals surface area contributed by atoms with Crippen LogP contribution in [0.5, 0.6) is 0 Å². The fourth-order valence-corrected chi connectivity index (χ4v) is 0.800. The maximum atomic E-state index is 9.69. The first-order valence-electron chi connectivity index (χ1n) is 5.16. The second-order valence-electron chi connectivity index (χ2n) is 4.93. The van der Waals surface area contributed by atoms with Gasteiger partial charge in [-0.2, -0.15) is 0 Å². The van der Waals surface area contributed by atoms with E-state index in [4.69, 9.17) is 0 Å². The van der Waals surface area contributed by atoms with E-state index in [1.54, 1.807) is 0 Å². The van der Waals surface area contributed by atoms with E-state index in [1.165, 1.54) is 0 Å². The molecule has 0 aromatic heterocycles. The molecule has 1 N–H and O–H groups in total. The van der Waals surface area contributed by atoms with Crippen LogP contribution in [0.4, 0.5) is 0 Å². The molecule has 0 heterocycles. The Hall–Kier alpha value is -0.300. The minimum absolute atomic E-state index is 0.216. The minimum atomic E-state index is -0.604. The molecule has 0 aromatic carbocycles. The molecule has 0 aliphatic carbocycles. The van der Waals surface area contributed by atoms with Crippen LogP contribution >= 0.6 is 0 Å². The Morgan fingerprint density at radius 2 is 1.46 bits per heavy atom. The zero-order valence-corrected chi connectivity index (χ0v) is 9.83. The molecule has 0 radical (unpaired) electrons. The quantitative estimate of drug-likeness (QED) is 0.665. The molecule has 0 saturated heterocycles. The van der Waals surface area contributed by atoms with Gasteiger partial charge >= 0.3 is 0 Å². The molecule has 0 spiro atoms. The van der Waals surface area contributed by atoms with Gasteiger partial charge in [0.15, 0.2) is 0 Å². The monoisotopic (exact) mass is 184 g/mol. The molecule has 0 rings (SSSR count). The van der Waals surface area contributed by atoms with Crippen LogP contribution in [-0.4, -0.2) is 10.7 Å². The van der Waals surface area contributed by atoms with Crippen molar-refractivity contribution in [2.45, 2.75) is 47.1 Å². The Kier molecular flexibility index (Phi) is 4.69. The number of aliphatic hydroxyl groups is 1. The molecule has 0 aliphatic rings. The van der Waals surface area contributed by atoms with Crippen LogP contribution in [0.1, 0.15) is 41.5 Å². The van der Waals surface area contributed by atoms with Crippen molar-refractivity contribution < 1.29 is 5.11 Å². The Morgan fingerprint density at radius 3 is 1.77 bits per heavy atom. The third-order valence-corrected chi connectivity index (χ3v) is 2.87. The summed E-state index contributed by atoms with van der Waals surface area (Å²) < 4.78 is 0. The summed E-state index contributed by atoms with van der Waals surface area (Å²) in [4.78, 5) is 0. The van der Waals surface area contributed by atoms with Crippen LogP contribution in [0.25, 0.3) is 0 Å². The first-order chi connectivity index (χ1) is 5.75. The minimum Gasteiger partial charge on any atom is -0.390 e. The SMILES string of the molecule is CC(C)C(C)/C=C/[C@@H](C)C(C)(C)O. The topological polar surface area (TPSA) is 20.2 Å². The van der Waals surface area contributed by atoms with Crippen LogP contribution in [0, 0.1) is 17.8 Å². The van der Waals surface area contributed by atoms with E-state index in [-0.39, 0.29) is 5.92 Å². The normalized spacial score (nSPS) is 18.2. The van der Waals surface area contributed by atoms with Crippen LogP contribution in [-0.2, 0) is 0 Å². The highest BCUT2D eigenvalue weighted by molar-refractivity contribution is 4.96. The fraction of sp³-hybridized carbons (Fsp3) is 0.833. The average molecular weight is 184 g/mol. The van der Waals surface area contributed by atoms with Crippen molar-refractivity contribution in [2.75, 3.05) is 0 Å². The highest BCUT2D eigenvalue weighted by atomic mass is 16.3.